The summed E-state index contributed by atoms with van der Waals surface area (Å²) in [6.07, 6.45) is -3.50. The molecule has 1 aromatic heterocycles. The number of nitrogens with two attached hydrogens (primary N) is 1. The van der Waals surface area contributed by atoms with Crippen molar-refractivity contribution in [2.45, 2.75) is 6.36 Å². The third-order valence-electron chi connectivity index (χ3n) is 4.20. The number of hydrogen-bond acceptors (Lipinski definition) is 8. The van der Waals surface area contributed by atoms with Crippen LogP contribution in [-0.2, 0) is 4.74 Å². The summed E-state index contributed by atoms with van der Waals surface area (Å²) in [4.78, 5) is 22.0. The molecule has 0 unspecified atom stereocenters. The van der Waals surface area contributed by atoms with E-state index in [1.54, 1.807) is 36.2 Å². The summed E-state index contributed by atoms with van der Waals surface area (Å²) in [5, 5.41) is 2.93. The lowest BCUT2D eigenvalue weighted by molar-refractivity contribution is -0.274. The molecule has 0 aliphatic carbocycles. The number of ether oxygens (including phenoxy) is 2. The highest BCUT2D eigenvalue weighted by Crippen LogP contribution is 2.34. The number of rotatable bonds is 6. The van der Waals surface area contributed by atoms with Crippen molar-refractivity contribution in [1.29, 1.82) is 0 Å². The molecule has 31 heavy (non-hydrogen) atoms. The van der Waals surface area contributed by atoms with Crippen molar-refractivity contribution < 1.29 is 27.4 Å². The first-order valence-electron chi connectivity index (χ1n) is 8.84. The van der Waals surface area contributed by atoms with Crippen LogP contribution in [0.15, 0.2) is 54.9 Å². The van der Waals surface area contributed by atoms with E-state index in [0.29, 0.717) is 22.8 Å². The number of alkyl halides is 3. The fraction of sp³-hybridized carbons (Fsp3) is 0.150. The molecule has 3 rings (SSSR count). The summed E-state index contributed by atoms with van der Waals surface area (Å²) >= 11 is 0. The maximum atomic E-state index is 12.3. The van der Waals surface area contributed by atoms with Crippen LogP contribution in [0.3, 0.4) is 0 Å². The SMILES string of the molecule is COC(=O)c1ccccc1N(C)c1ncnc(Nc2ccc(OC(F)(F)F)cc2)c1N. The molecule has 1 heterocycles. The second kappa shape index (κ2) is 8.78. The van der Waals surface area contributed by atoms with Crippen LogP contribution in [-0.4, -0.2) is 36.5 Å². The molecule has 2 aromatic carbocycles. The van der Waals surface area contributed by atoms with Gasteiger partial charge in [0.25, 0.3) is 0 Å². The Morgan fingerprint density at radius 3 is 2.42 bits per heavy atom. The standard InChI is InChI=1S/C20H18F3N5O3/c1-28(15-6-4-3-5-14(15)19(29)30-2)18-16(24)17(25-11-26-18)27-12-7-9-13(10-8-12)31-20(21,22)23/h3-11H,24H2,1-2H3,(H,25,26,27). The highest BCUT2D eigenvalue weighted by molar-refractivity contribution is 5.97. The monoisotopic (exact) mass is 433 g/mol. The van der Waals surface area contributed by atoms with Gasteiger partial charge in [-0.25, -0.2) is 14.8 Å². The number of anilines is 5. The Labute approximate surface area is 175 Å². The minimum absolute atomic E-state index is 0.167. The van der Waals surface area contributed by atoms with Gasteiger partial charge in [-0.1, -0.05) is 12.1 Å². The van der Waals surface area contributed by atoms with Crippen molar-refractivity contribution in [3.05, 3.63) is 60.4 Å². The van der Waals surface area contributed by atoms with Crippen LogP contribution in [0.25, 0.3) is 0 Å². The molecule has 0 fully saturated rings. The molecule has 0 amide bonds. The summed E-state index contributed by atoms with van der Waals surface area (Å²) < 4.78 is 45.6. The van der Waals surface area contributed by atoms with Gasteiger partial charge in [-0.15, -0.1) is 13.2 Å². The Hall–Kier alpha value is -4.02. The highest BCUT2D eigenvalue weighted by atomic mass is 19.4. The number of carbonyl (C=O) groups is 1. The molecule has 0 radical (unpaired) electrons. The fourth-order valence-corrected chi connectivity index (χ4v) is 2.79. The molecule has 8 nitrogen and oxygen atoms in total. The number of benzene rings is 2. The maximum absolute atomic E-state index is 12.3. The van der Waals surface area contributed by atoms with Crippen molar-refractivity contribution in [3.63, 3.8) is 0 Å². The lowest BCUT2D eigenvalue weighted by Gasteiger charge is -2.23. The number of esters is 1. The lowest BCUT2D eigenvalue weighted by Crippen LogP contribution is -2.18. The van der Waals surface area contributed by atoms with Crippen LogP contribution >= 0.6 is 0 Å². The van der Waals surface area contributed by atoms with Gasteiger partial charge in [0.2, 0.25) is 0 Å². The largest absolute Gasteiger partial charge is 0.573 e. The summed E-state index contributed by atoms with van der Waals surface area (Å²) in [5.41, 5.74) is 7.66. The predicted molar refractivity (Wildman–Crippen MR) is 109 cm³/mol. The first kappa shape index (κ1) is 21.7. The normalized spacial score (nSPS) is 11.0. The Bertz CT molecular complexity index is 1070. The topological polar surface area (TPSA) is 103 Å². The molecule has 0 spiro atoms. The van der Waals surface area contributed by atoms with Crippen molar-refractivity contribution in [2.24, 2.45) is 0 Å². The quantitative estimate of drug-likeness (QED) is 0.556. The molecule has 0 aliphatic rings. The Morgan fingerprint density at radius 2 is 1.77 bits per heavy atom. The number of halogens is 3. The van der Waals surface area contributed by atoms with E-state index in [-0.39, 0.29) is 17.3 Å². The van der Waals surface area contributed by atoms with Gasteiger partial charge in [0.15, 0.2) is 11.6 Å². The van der Waals surface area contributed by atoms with Crippen molar-refractivity contribution in [3.8, 4) is 5.75 Å². The van der Waals surface area contributed by atoms with E-state index < -0.39 is 12.3 Å². The molecule has 0 saturated carbocycles. The fourth-order valence-electron chi connectivity index (χ4n) is 2.79. The molecule has 0 aliphatic heterocycles. The van der Waals surface area contributed by atoms with Crippen molar-refractivity contribution >= 4 is 34.7 Å². The molecule has 0 bridgehead atoms. The van der Waals surface area contributed by atoms with E-state index >= 15 is 0 Å². The minimum atomic E-state index is -4.77. The Morgan fingerprint density at radius 1 is 1.10 bits per heavy atom. The van der Waals surface area contributed by atoms with Gasteiger partial charge in [0, 0.05) is 12.7 Å². The Balaban J connectivity index is 1.86. The summed E-state index contributed by atoms with van der Waals surface area (Å²) in [6, 6.07) is 11.9. The zero-order valence-electron chi connectivity index (χ0n) is 16.5. The van der Waals surface area contributed by atoms with Crippen LogP contribution in [0, 0.1) is 0 Å². The van der Waals surface area contributed by atoms with Crippen LogP contribution in [0.1, 0.15) is 10.4 Å². The molecule has 162 valence electrons. The number of nitrogens with zero attached hydrogens (tertiary/aromatic N) is 3. The summed E-state index contributed by atoms with van der Waals surface area (Å²) in [7, 11) is 2.96. The van der Waals surface area contributed by atoms with E-state index in [9.17, 15) is 18.0 Å². The molecular formula is C20H18F3N5O3. The molecule has 11 heteroatoms. The summed E-state index contributed by atoms with van der Waals surface area (Å²) in [5.74, 6) is -0.328. The maximum Gasteiger partial charge on any atom is 0.573 e. The van der Waals surface area contributed by atoms with E-state index in [1.807, 2.05) is 0 Å². The van der Waals surface area contributed by atoms with Gasteiger partial charge >= 0.3 is 12.3 Å². The number of para-hydroxylation sites is 1. The molecule has 0 atom stereocenters. The van der Waals surface area contributed by atoms with Crippen LogP contribution in [0.5, 0.6) is 5.75 Å². The highest BCUT2D eigenvalue weighted by Gasteiger charge is 2.31. The number of carbonyl (C=O) groups excluding carboxylic acids is 1. The zero-order valence-corrected chi connectivity index (χ0v) is 16.5. The second-order valence-corrected chi connectivity index (χ2v) is 6.22. The van der Waals surface area contributed by atoms with Crippen LogP contribution in [0.2, 0.25) is 0 Å². The van der Waals surface area contributed by atoms with Crippen molar-refractivity contribution in [1.82, 2.24) is 9.97 Å². The first-order valence-corrected chi connectivity index (χ1v) is 8.84. The van der Waals surface area contributed by atoms with Gasteiger partial charge in [0.1, 0.15) is 17.8 Å². The van der Waals surface area contributed by atoms with E-state index in [0.717, 1.165) is 12.1 Å². The number of nitrogen functional groups attached to an aromatic ring is 1. The second-order valence-electron chi connectivity index (χ2n) is 6.22. The summed E-state index contributed by atoms with van der Waals surface area (Å²) in [6.45, 7) is 0. The van der Waals surface area contributed by atoms with Crippen LogP contribution in [0.4, 0.5) is 41.9 Å². The molecule has 0 saturated heterocycles. The first-order chi connectivity index (χ1) is 14.7. The zero-order chi connectivity index (χ0) is 22.6. The number of methoxy groups -OCH3 is 1. The van der Waals surface area contributed by atoms with Crippen LogP contribution < -0.4 is 20.7 Å². The molecule has 3 N–H and O–H groups in total. The number of hydrogen-bond donors (Lipinski definition) is 2. The molecule has 3 aromatic rings. The third-order valence-corrected chi connectivity index (χ3v) is 4.20. The van der Waals surface area contributed by atoms with Gasteiger partial charge in [-0.05, 0) is 36.4 Å². The lowest BCUT2D eigenvalue weighted by atomic mass is 10.1. The molecular weight excluding hydrogens is 415 g/mol. The number of nitrogens with one attached hydrogen (secondary N) is 1. The van der Waals surface area contributed by atoms with Gasteiger partial charge in [0.05, 0.1) is 18.4 Å². The Kier molecular flexibility index (Phi) is 6.14. The smallest absolute Gasteiger partial charge is 0.465 e. The number of aromatic nitrogens is 2. The van der Waals surface area contributed by atoms with E-state index in [4.69, 9.17) is 10.5 Å². The van der Waals surface area contributed by atoms with Gasteiger partial charge in [-0.2, -0.15) is 0 Å². The van der Waals surface area contributed by atoms with Crippen molar-refractivity contribution in [2.75, 3.05) is 30.1 Å². The van der Waals surface area contributed by atoms with Gasteiger partial charge < -0.3 is 25.4 Å². The predicted octanol–water partition coefficient (Wildman–Crippen LogP) is 4.26. The average Bonchev–Trinajstić information content (AvgIpc) is 2.74. The van der Waals surface area contributed by atoms with E-state index in [1.165, 1.54) is 25.6 Å². The average molecular weight is 433 g/mol. The third kappa shape index (κ3) is 5.13. The van der Waals surface area contributed by atoms with E-state index in [2.05, 4.69) is 20.0 Å². The van der Waals surface area contributed by atoms with Gasteiger partial charge in [-0.3, -0.25) is 0 Å². The minimum Gasteiger partial charge on any atom is -0.465 e.